The van der Waals surface area contributed by atoms with Crippen LogP contribution in [0.1, 0.15) is 18.7 Å². The SMILES string of the molecule is CC(N)c1csc(N)n1.Cl.Cl. The fourth-order valence-electron chi connectivity index (χ4n) is 0.510. The summed E-state index contributed by atoms with van der Waals surface area (Å²) in [6, 6.07) is -0.00134. The van der Waals surface area contributed by atoms with E-state index in [9.17, 15) is 0 Å². The van der Waals surface area contributed by atoms with Gasteiger partial charge in [-0.1, -0.05) is 0 Å². The molecule has 1 rings (SSSR count). The van der Waals surface area contributed by atoms with Crippen LogP contribution < -0.4 is 11.5 Å². The molecule has 11 heavy (non-hydrogen) atoms. The first-order valence-corrected chi connectivity index (χ1v) is 3.54. The fraction of sp³-hybridized carbons (Fsp3) is 0.400. The second-order valence-electron chi connectivity index (χ2n) is 1.90. The first-order valence-electron chi connectivity index (χ1n) is 2.66. The Bertz CT molecular complexity index is 201. The van der Waals surface area contributed by atoms with Gasteiger partial charge in [0.1, 0.15) is 0 Å². The maximum Gasteiger partial charge on any atom is 0.180 e. The van der Waals surface area contributed by atoms with E-state index in [1.807, 2.05) is 12.3 Å². The highest BCUT2D eigenvalue weighted by Gasteiger charge is 2.01. The van der Waals surface area contributed by atoms with Crippen molar-refractivity contribution < 1.29 is 0 Å². The Hall–Kier alpha value is -0.0300. The third kappa shape index (κ3) is 3.76. The van der Waals surface area contributed by atoms with E-state index >= 15 is 0 Å². The van der Waals surface area contributed by atoms with Crippen LogP contribution in [0.3, 0.4) is 0 Å². The molecule has 6 heteroatoms. The molecule has 4 N–H and O–H groups in total. The van der Waals surface area contributed by atoms with E-state index in [1.165, 1.54) is 11.3 Å². The van der Waals surface area contributed by atoms with E-state index in [4.69, 9.17) is 11.5 Å². The van der Waals surface area contributed by atoms with Gasteiger partial charge in [-0.15, -0.1) is 36.2 Å². The molecule has 1 aromatic heterocycles. The Morgan fingerprint density at radius 3 is 2.27 bits per heavy atom. The van der Waals surface area contributed by atoms with Crippen molar-refractivity contribution >= 4 is 41.3 Å². The van der Waals surface area contributed by atoms with Gasteiger partial charge in [-0.25, -0.2) is 4.98 Å². The predicted octanol–water partition coefficient (Wildman–Crippen LogP) is 1.59. The van der Waals surface area contributed by atoms with Gasteiger partial charge in [0.15, 0.2) is 5.13 Å². The highest BCUT2D eigenvalue weighted by Crippen LogP contribution is 2.15. The maximum atomic E-state index is 5.52. The predicted molar refractivity (Wildman–Crippen MR) is 53.6 cm³/mol. The molecule has 0 aliphatic heterocycles. The fourth-order valence-corrected chi connectivity index (χ4v) is 1.18. The van der Waals surface area contributed by atoms with E-state index in [-0.39, 0.29) is 30.9 Å². The summed E-state index contributed by atoms with van der Waals surface area (Å²) in [5.41, 5.74) is 11.8. The lowest BCUT2D eigenvalue weighted by molar-refractivity contribution is 0.791. The number of nitrogen functional groups attached to an aromatic ring is 1. The van der Waals surface area contributed by atoms with Gasteiger partial charge in [-0.2, -0.15) is 0 Å². The second kappa shape index (κ2) is 5.60. The first-order chi connectivity index (χ1) is 4.20. The number of aromatic nitrogens is 1. The zero-order valence-corrected chi connectivity index (χ0v) is 8.43. The molecule has 1 unspecified atom stereocenters. The lowest BCUT2D eigenvalue weighted by Gasteiger charge is -1.95. The number of nitrogens with two attached hydrogens (primary N) is 2. The van der Waals surface area contributed by atoms with Crippen molar-refractivity contribution in [2.45, 2.75) is 13.0 Å². The summed E-state index contributed by atoms with van der Waals surface area (Å²) in [7, 11) is 0. The van der Waals surface area contributed by atoms with Crippen LogP contribution in [-0.2, 0) is 0 Å². The molecule has 1 aromatic rings. The standard InChI is InChI=1S/C5H9N3S.2ClH/c1-3(6)4-2-9-5(7)8-4;;/h2-3H,6H2,1H3,(H2,7,8);2*1H. The zero-order valence-electron chi connectivity index (χ0n) is 5.98. The minimum Gasteiger partial charge on any atom is -0.375 e. The molecule has 0 bridgehead atoms. The van der Waals surface area contributed by atoms with Crippen LogP contribution in [0.5, 0.6) is 0 Å². The van der Waals surface area contributed by atoms with Gasteiger partial charge in [0.05, 0.1) is 5.69 Å². The molecule has 0 aliphatic rings. The minimum absolute atomic E-state index is 0. The van der Waals surface area contributed by atoms with Crippen molar-refractivity contribution in [3.63, 3.8) is 0 Å². The van der Waals surface area contributed by atoms with Gasteiger partial charge in [0, 0.05) is 11.4 Å². The Morgan fingerprint density at radius 1 is 1.55 bits per heavy atom. The number of hydrogen-bond donors (Lipinski definition) is 2. The Labute approximate surface area is 82.0 Å². The first kappa shape index (κ1) is 13.6. The van der Waals surface area contributed by atoms with Crippen LogP contribution in [0.2, 0.25) is 0 Å². The number of anilines is 1. The summed E-state index contributed by atoms with van der Waals surface area (Å²) in [4.78, 5) is 3.98. The summed E-state index contributed by atoms with van der Waals surface area (Å²) in [5.74, 6) is 0. The molecule has 1 heterocycles. The van der Waals surface area contributed by atoms with Gasteiger partial charge >= 0.3 is 0 Å². The van der Waals surface area contributed by atoms with E-state index < -0.39 is 0 Å². The maximum absolute atomic E-state index is 5.52. The molecule has 0 aliphatic carbocycles. The smallest absolute Gasteiger partial charge is 0.180 e. The summed E-state index contributed by atoms with van der Waals surface area (Å²) in [6.45, 7) is 1.88. The molecule has 0 spiro atoms. The quantitative estimate of drug-likeness (QED) is 0.749. The minimum atomic E-state index is -0.00134. The number of halogens is 2. The van der Waals surface area contributed by atoms with Crippen LogP contribution >= 0.6 is 36.2 Å². The van der Waals surface area contributed by atoms with Crippen LogP contribution in [0.25, 0.3) is 0 Å². The van der Waals surface area contributed by atoms with Gasteiger partial charge in [0.25, 0.3) is 0 Å². The monoisotopic (exact) mass is 215 g/mol. The van der Waals surface area contributed by atoms with Crippen molar-refractivity contribution in [2.75, 3.05) is 5.73 Å². The van der Waals surface area contributed by atoms with Crippen molar-refractivity contribution in [3.8, 4) is 0 Å². The molecular weight excluding hydrogens is 205 g/mol. The highest BCUT2D eigenvalue weighted by molar-refractivity contribution is 7.13. The van der Waals surface area contributed by atoms with E-state index in [0.717, 1.165) is 5.69 Å². The van der Waals surface area contributed by atoms with Crippen LogP contribution in [-0.4, -0.2) is 4.98 Å². The molecule has 0 fully saturated rings. The van der Waals surface area contributed by atoms with E-state index in [2.05, 4.69) is 4.98 Å². The van der Waals surface area contributed by atoms with Crippen molar-refractivity contribution in [2.24, 2.45) is 5.73 Å². The summed E-state index contributed by atoms with van der Waals surface area (Å²) in [6.07, 6.45) is 0. The normalized spacial score (nSPS) is 11.1. The molecular formula is C5H11Cl2N3S. The average Bonchev–Trinajstić information content (AvgIpc) is 2.14. The summed E-state index contributed by atoms with van der Waals surface area (Å²) in [5, 5.41) is 2.46. The zero-order chi connectivity index (χ0) is 6.85. The Morgan fingerprint density at radius 2 is 2.09 bits per heavy atom. The summed E-state index contributed by atoms with van der Waals surface area (Å²) >= 11 is 1.42. The number of rotatable bonds is 1. The second-order valence-corrected chi connectivity index (χ2v) is 2.79. The van der Waals surface area contributed by atoms with Gasteiger partial charge in [-0.05, 0) is 6.92 Å². The third-order valence-corrected chi connectivity index (χ3v) is 1.70. The molecule has 0 saturated heterocycles. The average molecular weight is 216 g/mol. The number of nitrogens with zero attached hydrogens (tertiary/aromatic N) is 1. The number of thiazole rings is 1. The van der Waals surface area contributed by atoms with Crippen LogP contribution in [0, 0.1) is 0 Å². The van der Waals surface area contributed by atoms with Crippen molar-refractivity contribution in [1.29, 1.82) is 0 Å². The van der Waals surface area contributed by atoms with Crippen LogP contribution in [0.15, 0.2) is 5.38 Å². The molecule has 3 nitrogen and oxygen atoms in total. The lowest BCUT2D eigenvalue weighted by Crippen LogP contribution is -2.05. The highest BCUT2D eigenvalue weighted by atomic mass is 35.5. The van der Waals surface area contributed by atoms with Crippen LogP contribution in [0.4, 0.5) is 5.13 Å². The molecule has 0 saturated carbocycles. The molecule has 66 valence electrons. The molecule has 0 amide bonds. The number of hydrogen-bond acceptors (Lipinski definition) is 4. The van der Waals surface area contributed by atoms with Gasteiger partial charge in [-0.3, -0.25) is 0 Å². The van der Waals surface area contributed by atoms with Crippen molar-refractivity contribution in [1.82, 2.24) is 4.98 Å². The van der Waals surface area contributed by atoms with Gasteiger partial charge < -0.3 is 11.5 Å². The summed E-state index contributed by atoms with van der Waals surface area (Å²) < 4.78 is 0. The van der Waals surface area contributed by atoms with Crippen molar-refractivity contribution in [3.05, 3.63) is 11.1 Å². The topological polar surface area (TPSA) is 64.9 Å². The largest absolute Gasteiger partial charge is 0.375 e. The lowest BCUT2D eigenvalue weighted by atomic mass is 10.3. The van der Waals surface area contributed by atoms with E-state index in [0.29, 0.717) is 5.13 Å². The third-order valence-electron chi connectivity index (χ3n) is 1.01. The van der Waals surface area contributed by atoms with Gasteiger partial charge in [0.2, 0.25) is 0 Å². The van der Waals surface area contributed by atoms with E-state index in [1.54, 1.807) is 0 Å². The Kier molecular flexibility index (Phi) is 6.90. The molecule has 1 atom stereocenters. The Balaban J connectivity index is 0. The molecule has 0 aromatic carbocycles. The molecule has 0 radical (unpaired) electrons.